The molecule has 6 fully saturated rings. The van der Waals surface area contributed by atoms with Crippen LogP contribution in [0.25, 0.3) is 0 Å². The number of hydrogen-bond acceptors (Lipinski definition) is 6. The summed E-state index contributed by atoms with van der Waals surface area (Å²) in [5.41, 5.74) is -0.219. The number of ether oxygens (including phenoxy) is 1. The predicted octanol–water partition coefficient (Wildman–Crippen LogP) is 1.50. The molecule has 1 heterocycles. The molecule has 174 valence electrons. The third-order valence-corrected chi connectivity index (χ3v) is 8.25. The van der Waals surface area contributed by atoms with Gasteiger partial charge in [-0.15, -0.1) is 0 Å². The van der Waals surface area contributed by atoms with Crippen molar-refractivity contribution in [2.75, 3.05) is 13.2 Å². The average molecular weight is 446 g/mol. The van der Waals surface area contributed by atoms with Crippen molar-refractivity contribution < 1.29 is 28.7 Å². The van der Waals surface area contributed by atoms with E-state index in [9.17, 15) is 24.0 Å². The smallest absolute Gasteiger partial charge is 0.326 e. The molecule has 1 aliphatic heterocycles. The van der Waals surface area contributed by atoms with Crippen LogP contribution in [0.4, 0.5) is 4.79 Å². The van der Waals surface area contributed by atoms with Crippen molar-refractivity contribution in [3.63, 3.8) is 0 Å². The Kier molecular flexibility index (Phi) is 5.45. The summed E-state index contributed by atoms with van der Waals surface area (Å²) >= 11 is 0. The van der Waals surface area contributed by atoms with Gasteiger partial charge in [0.2, 0.25) is 11.8 Å². The molecule has 5 aliphatic carbocycles. The Morgan fingerprint density at radius 3 is 1.97 bits per heavy atom. The van der Waals surface area contributed by atoms with Crippen LogP contribution in [0.3, 0.4) is 0 Å². The van der Waals surface area contributed by atoms with Crippen LogP contribution in [0.15, 0.2) is 0 Å². The Labute approximate surface area is 187 Å². The van der Waals surface area contributed by atoms with Crippen LogP contribution in [0.1, 0.15) is 64.2 Å². The Morgan fingerprint density at radius 1 is 0.906 bits per heavy atom. The highest BCUT2D eigenvalue weighted by Gasteiger charge is 2.52. The monoisotopic (exact) mass is 445 g/mol. The van der Waals surface area contributed by atoms with Gasteiger partial charge < -0.3 is 10.1 Å². The maximum atomic E-state index is 12.4. The molecule has 0 aromatic rings. The molecule has 0 radical (unpaired) electrons. The second-order valence-corrected chi connectivity index (χ2v) is 10.6. The molecule has 6 rings (SSSR count). The minimum atomic E-state index is -0.831. The maximum absolute atomic E-state index is 12.4. The second kappa shape index (κ2) is 8.15. The van der Waals surface area contributed by atoms with Gasteiger partial charge in [0, 0.05) is 5.54 Å². The normalized spacial score (nSPS) is 37.2. The van der Waals surface area contributed by atoms with Crippen molar-refractivity contribution in [2.24, 2.45) is 29.6 Å². The van der Waals surface area contributed by atoms with Gasteiger partial charge in [-0.3, -0.25) is 29.4 Å². The van der Waals surface area contributed by atoms with Crippen molar-refractivity contribution in [3.8, 4) is 0 Å². The number of carbonyl (C=O) groups is 5. The van der Waals surface area contributed by atoms with Crippen LogP contribution in [0, 0.1) is 29.6 Å². The summed E-state index contributed by atoms with van der Waals surface area (Å²) in [5.74, 6) is -0.877. The van der Waals surface area contributed by atoms with Crippen LogP contribution < -0.4 is 10.6 Å². The number of fused-ring (bicyclic) bond motifs is 1. The number of hydrogen-bond donors (Lipinski definition) is 2. The van der Waals surface area contributed by atoms with Crippen LogP contribution >= 0.6 is 0 Å². The molecule has 9 nitrogen and oxygen atoms in total. The zero-order valence-corrected chi connectivity index (χ0v) is 18.3. The maximum Gasteiger partial charge on any atom is 0.326 e. The summed E-state index contributed by atoms with van der Waals surface area (Å²) < 4.78 is 4.93. The van der Waals surface area contributed by atoms with Crippen LogP contribution in [-0.4, -0.2) is 53.3 Å². The van der Waals surface area contributed by atoms with Gasteiger partial charge in [0.15, 0.2) is 6.61 Å². The average Bonchev–Trinajstić information content (AvgIpc) is 2.96. The summed E-state index contributed by atoms with van der Waals surface area (Å²) in [6, 6.07) is -0.554. The first kappa shape index (κ1) is 21.4. The summed E-state index contributed by atoms with van der Waals surface area (Å²) in [7, 11) is 0. The van der Waals surface area contributed by atoms with Gasteiger partial charge in [0.25, 0.3) is 5.91 Å². The number of carbonyl (C=O) groups excluding carboxylic acids is 5. The van der Waals surface area contributed by atoms with Crippen LogP contribution in [-0.2, 0) is 23.9 Å². The van der Waals surface area contributed by atoms with Gasteiger partial charge in [-0.1, -0.05) is 12.8 Å². The third kappa shape index (κ3) is 4.01. The van der Waals surface area contributed by atoms with Gasteiger partial charge in [0.05, 0.1) is 11.8 Å². The lowest BCUT2D eigenvalue weighted by molar-refractivity contribution is -0.154. The molecule has 9 heteroatoms. The fourth-order valence-electron chi connectivity index (χ4n) is 7.41. The number of nitrogens with zero attached hydrogens (tertiary/aromatic N) is 1. The summed E-state index contributed by atoms with van der Waals surface area (Å²) in [6.07, 6.45) is 9.81. The van der Waals surface area contributed by atoms with Crippen LogP contribution in [0.2, 0.25) is 0 Å². The zero-order chi connectivity index (χ0) is 22.5. The number of likely N-dealkylation sites (tertiary alicyclic amines) is 1. The predicted molar refractivity (Wildman–Crippen MR) is 111 cm³/mol. The lowest BCUT2D eigenvalue weighted by Gasteiger charge is -2.56. The lowest BCUT2D eigenvalue weighted by Crippen LogP contribution is -2.62. The van der Waals surface area contributed by atoms with E-state index in [0.717, 1.165) is 37.0 Å². The first-order chi connectivity index (χ1) is 15.3. The molecule has 2 N–H and O–H groups in total. The second-order valence-electron chi connectivity index (χ2n) is 10.6. The van der Waals surface area contributed by atoms with E-state index >= 15 is 0 Å². The van der Waals surface area contributed by atoms with E-state index < -0.39 is 31.1 Å². The third-order valence-electron chi connectivity index (χ3n) is 8.25. The van der Waals surface area contributed by atoms with E-state index in [0.29, 0.717) is 30.6 Å². The van der Waals surface area contributed by atoms with Gasteiger partial charge >= 0.3 is 12.0 Å². The first-order valence-electron chi connectivity index (χ1n) is 11.9. The number of esters is 1. The molecule has 2 unspecified atom stereocenters. The standard InChI is InChI=1S/C23H31N3O6/c27-18(24-22(31)25-23-8-13-5-14(9-23)7-15(6-13)10-23)12-32-19(28)11-26-20(29)16-3-1-2-4-17(16)21(26)30/h13-17H,1-12H2,(H2,24,25,27,31). The van der Waals surface area contributed by atoms with Crippen LogP contribution in [0.5, 0.6) is 0 Å². The zero-order valence-electron chi connectivity index (χ0n) is 18.3. The molecule has 0 spiro atoms. The van der Waals surface area contributed by atoms with Gasteiger partial charge in [-0.2, -0.15) is 0 Å². The number of urea groups is 1. The fraction of sp³-hybridized carbons (Fsp3) is 0.783. The van der Waals surface area contributed by atoms with E-state index in [1.807, 2.05) is 0 Å². The molecule has 0 aromatic carbocycles. The van der Waals surface area contributed by atoms with Crippen molar-refractivity contribution in [1.29, 1.82) is 0 Å². The topological polar surface area (TPSA) is 122 Å². The van der Waals surface area contributed by atoms with E-state index in [1.54, 1.807) is 0 Å². The Bertz CT molecular complexity index is 795. The first-order valence-corrected chi connectivity index (χ1v) is 11.9. The number of rotatable bonds is 5. The molecule has 6 aliphatic rings. The van der Waals surface area contributed by atoms with Crippen molar-refractivity contribution >= 4 is 29.7 Å². The minimum Gasteiger partial charge on any atom is -0.454 e. The van der Waals surface area contributed by atoms with Gasteiger partial charge in [0.1, 0.15) is 6.54 Å². The highest BCUT2D eigenvalue weighted by atomic mass is 16.5. The van der Waals surface area contributed by atoms with E-state index in [4.69, 9.17) is 4.74 Å². The van der Waals surface area contributed by atoms with Gasteiger partial charge in [-0.25, -0.2) is 4.79 Å². The summed E-state index contributed by atoms with van der Waals surface area (Å²) in [5, 5.41) is 5.28. The molecule has 5 amide bonds. The lowest BCUT2D eigenvalue weighted by atomic mass is 9.53. The quantitative estimate of drug-likeness (QED) is 0.489. The number of amides is 5. The SMILES string of the molecule is O=C(COC(=O)CN1C(=O)C2CCCCC2C1=O)NC(=O)NC12CC3CC(CC(C3)C1)C2. The Hall–Kier alpha value is -2.45. The molecular formula is C23H31N3O6. The molecule has 4 bridgehead atoms. The number of nitrogens with one attached hydrogen (secondary N) is 2. The number of imide groups is 2. The minimum absolute atomic E-state index is 0.219. The Morgan fingerprint density at radius 2 is 1.44 bits per heavy atom. The largest absolute Gasteiger partial charge is 0.454 e. The highest BCUT2D eigenvalue weighted by Crippen LogP contribution is 2.55. The van der Waals surface area contributed by atoms with E-state index in [1.165, 1.54) is 19.3 Å². The molecular weight excluding hydrogens is 414 g/mol. The summed E-state index contributed by atoms with van der Waals surface area (Å²) in [6.45, 7) is -1.12. The molecule has 1 saturated heterocycles. The van der Waals surface area contributed by atoms with Crippen molar-refractivity contribution in [1.82, 2.24) is 15.5 Å². The molecule has 2 atom stereocenters. The van der Waals surface area contributed by atoms with Crippen molar-refractivity contribution in [3.05, 3.63) is 0 Å². The molecule has 32 heavy (non-hydrogen) atoms. The van der Waals surface area contributed by atoms with E-state index in [-0.39, 0.29) is 29.2 Å². The highest BCUT2D eigenvalue weighted by molar-refractivity contribution is 6.07. The molecule has 5 saturated carbocycles. The molecule has 0 aromatic heterocycles. The van der Waals surface area contributed by atoms with Crippen molar-refractivity contribution in [2.45, 2.75) is 69.7 Å². The summed E-state index contributed by atoms with van der Waals surface area (Å²) in [4.78, 5) is 62.5. The Balaban J connectivity index is 1.07. The fourth-order valence-corrected chi connectivity index (χ4v) is 7.41. The van der Waals surface area contributed by atoms with Gasteiger partial charge in [-0.05, 0) is 69.1 Å². The van der Waals surface area contributed by atoms with E-state index in [2.05, 4.69) is 10.6 Å².